The molecule has 1 aliphatic heterocycles. The van der Waals surface area contributed by atoms with Gasteiger partial charge in [-0.15, -0.1) is 0 Å². The van der Waals surface area contributed by atoms with E-state index >= 15 is 0 Å². The number of amides is 1. The van der Waals surface area contributed by atoms with Gasteiger partial charge in [-0.25, -0.2) is 0 Å². The Morgan fingerprint density at radius 3 is 2.84 bits per heavy atom. The molecule has 1 amide bonds. The van der Waals surface area contributed by atoms with E-state index in [1.165, 1.54) is 6.08 Å². The summed E-state index contributed by atoms with van der Waals surface area (Å²) in [5, 5.41) is 10.0. The van der Waals surface area contributed by atoms with E-state index in [4.69, 9.17) is 5.26 Å². The lowest BCUT2D eigenvalue weighted by Gasteiger charge is -2.38. The molecule has 0 unspecified atom stereocenters. The summed E-state index contributed by atoms with van der Waals surface area (Å²) < 4.78 is 2.87. The van der Waals surface area contributed by atoms with Gasteiger partial charge in [0.1, 0.15) is 0 Å². The lowest BCUT2D eigenvalue weighted by molar-refractivity contribution is -0.134. The Morgan fingerprint density at radius 2 is 2.16 bits per heavy atom. The van der Waals surface area contributed by atoms with Crippen LogP contribution in [-0.4, -0.2) is 34.2 Å². The number of Topliss-reactive ketones (excluding diaryl/α,β-unsaturated/α-hetero) is 1. The summed E-state index contributed by atoms with van der Waals surface area (Å²) in [5.74, 6) is 0.289. The molecule has 0 N–H and O–H groups in total. The lowest BCUT2D eigenvalue weighted by atomic mass is 9.94. The molecule has 128 valence electrons. The highest BCUT2D eigenvalue weighted by atomic mass is 79.9. The minimum absolute atomic E-state index is 0.0770. The van der Waals surface area contributed by atoms with Crippen LogP contribution in [0.15, 0.2) is 41.5 Å². The first-order valence-corrected chi connectivity index (χ1v) is 8.88. The van der Waals surface area contributed by atoms with Crippen molar-refractivity contribution in [2.75, 3.05) is 13.1 Å². The zero-order valence-electron chi connectivity index (χ0n) is 13.7. The van der Waals surface area contributed by atoms with Crippen LogP contribution in [0.25, 0.3) is 10.9 Å². The van der Waals surface area contributed by atoms with Crippen molar-refractivity contribution in [1.29, 1.82) is 5.26 Å². The number of benzene rings is 1. The number of rotatable bonds is 6. The summed E-state index contributed by atoms with van der Waals surface area (Å²) in [6.45, 7) is 5.00. The molecule has 1 aliphatic rings. The second-order valence-corrected chi connectivity index (χ2v) is 7.25. The summed E-state index contributed by atoms with van der Waals surface area (Å²) in [7, 11) is 0. The van der Waals surface area contributed by atoms with Crippen molar-refractivity contribution in [3.8, 4) is 6.07 Å². The number of likely N-dealkylation sites (tertiary alicyclic amines) is 1. The van der Waals surface area contributed by atoms with Crippen LogP contribution < -0.4 is 0 Å². The van der Waals surface area contributed by atoms with Gasteiger partial charge in [-0.05, 0) is 29.8 Å². The van der Waals surface area contributed by atoms with Crippen LogP contribution in [0.5, 0.6) is 0 Å². The van der Waals surface area contributed by atoms with Crippen LogP contribution in [0.3, 0.4) is 0 Å². The normalized spacial score (nSPS) is 14.2. The predicted molar refractivity (Wildman–Crippen MR) is 98.8 cm³/mol. The van der Waals surface area contributed by atoms with Gasteiger partial charge >= 0.3 is 0 Å². The molecule has 0 radical (unpaired) electrons. The molecule has 1 saturated heterocycles. The van der Waals surface area contributed by atoms with E-state index < -0.39 is 0 Å². The number of nitrogens with zero attached hydrogens (tertiary/aromatic N) is 3. The average Bonchev–Trinajstić information content (AvgIpc) is 2.87. The zero-order valence-corrected chi connectivity index (χ0v) is 15.3. The van der Waals surface area contributed by atoms with Crippen molar-refractivity contribution in [3.63, 3.8) is 0 Å². The van der Waals surface area contributed by atoms with Crippen LogP contribution in [0.1, 0.15) is 12.0 Å². The molecule has 3 rings (SSSR count). The number of carbonyl (C=O) groups excluding carboxylic acids is 2. The van der Waals surface area contributed by atoms with E-state index in [1.807, 2.05) is 29.0 Å². The summed E-state index contributed by atoms with van der Waals surface area (Å²) >= 11 is 3.45. The maximum Gasteiger partial charge on any atom is 0.245 e. The second kappa shape index (κ2) is 7.24. The van der Waals surface area contributed by atoms with Crippen molar-refractivity contribution in [1.82, 2.24) is 9.47 Å². The number of nitriles is 1. The number of halogens is 1. The zero-order chi connectivity index (χ0) is 18.0. The van der Waals surface area contributed by atoms with Crippen molar-refractivity contribution >= 4 is 38.5 Å². The fourth-order valence-electron chi connectivity index (χ4n) is 3.28. The molecule has 5 nitrogen and oxygen atoms in total. The van der Waals surface area contributed by atoms with Crippen LogP contribution in [-0.2, 0) is 22.6 Å². The molecule has 1 aromatic heterocycles. The fraction of sp³-hybridized carbons (Fsp3) is 0.316. The van der Waals surface area contributed by atoms with Gasteiger partial charge < -0.3 is 9.47 Å². The largest absolute Gasteiger partial charge is 0.340 e. The summed E-state index contributed by atoms with van der Waals surface area (Å²) in [6, 6.07) is 8.05. The van der Waals surface area contributed by atoms with Gasteiger partial charge in [-0.3, -0.25) is 9.59 Å². The van der Waals surface area contributed by atoms with E-state index in [0.717, 1.165) is 20.9 Å². The van der Waals surface area contributed by atoms with Crippen molar-refractivity contribution in [2.45, 2.75) is 19.4 Å². The number of hydrogen-bond donors (Lipinski definition) is 0. The van der Waals surface area contributed by atoms with E-state index in [2.05, 4.69) is 28.6 Å². The number of hydrogen-bond acceptors (Lipinski definition) is 3. The Morgan fingerprint density at radius 1 is 1.40 bits per heavy atom. The first-order valence-electron chi connectivity index (χ1n) is 8.09. The Bertz CT molecular complexity index is 888. The third-order valence-corrected chi connectivity index (χ3v) is 4.99. The van der Waals surface area contributed by atoms with Gasteiger partial charge in [-0.1, -0.05) is 22.5 Å². The quantitative estimate of drug-likeness (QED) is 0.700. The third kappa shape index (κ3) is 3.67. The Kier molecular flexibility index (Phi) is 5.05. The third-order valence-electron chi connectivity index (χ3n) is 4.50. The number of aromatic nitrogens is 1. The smallest absolute Gasteiger partial charge is 0.245 e. The highest BCUT2D eigenvalue weighted by molar-refractivity contribution is 9.10. The average molecular weight is 400 g/mol. The lowest BCUT2D eigenvalue weighted by Crippen LogP contribution is -2.50. The molecule has 6 heteroatoms. The molecule has 0 atom stereocenters. The van der Waals surface area contributed by atoms with Crippen LogP contribution >= 0.6 is 15.9 Å². The maximum atomic E-state index is 12.4. The fourth-order valence-corrected chi connectivity index (χ4v) is 3.65. The van der Waals surface area contributed by atoms with E-state index in [-0.39, 0.29) is 24.2 Å². The molecule has 2 heterocycles. The molecule has 0 bridgehead atoms. The van der Waals surface area contributed by atoms with Gasteiger partial charge in [-0.2, -0.15) is 5.26 Å². The Labute approximate surface area is 154 Å². The molecule has 1 fully saturated rings. The minimum Gasteiger partial charge on any atom is -0.340 e. The highest BCUT2D eigenvalue weighted by Crippen LogP contribution is 2.26. The van der Waals surface area contributed by atoms with Gasteiger partial charge in [0.2, 0.25) is 5.91 Å². The van der Waals surface area contributed by atoms with Crippen LogP contribution in [0, 0.1) is 17.2 Å². The molecule has 0 spiro atoms. The van der Waals surface area contributed by atoms with E-state index in [9.17, 15) is 9.59 Å². The molecule has 25 heavy (non-hydrogen) atoms. The minimum atomic E-state index is -0.0770. The van der Waals surface area contributed by atoms with Gasteiger partial charge in [0, 0.05) is 47.0 Å². The van der Waals surface area contributed by atoms with Crippen molar-refractivity contribution in [3.05, 3.63) is 47.1 Å². The summed E-state index contributed by atoms with van der Waals surface area (Å²) in [5.41, 5.74) is 1.89. The number of carbonyl (C=O) groups is 2. The Hall–Kier alpha value is -2.39. The predicted octanol–water partition coefficient (Wildman–Crippen LogP) is 3.07. The van der Waals surface area contributed by atoms with E-state index in [1.54, 1.807) is 4.90 Å². The topological polar surface area (TPSA) is 66.1 Å². The maximum absolute atomic E-state index is 12.4. The molecular formula is C19H18BrN3O2. The first-order chi connectivity index (χ1) is 12.0. The molecule has 0 saturated carbocycles. The van der Waals surface area contributed by atoms with E-state index in [0.29, 0.717) is 25.9 Å². The molecule has 1 aromatic carbocycles. The summed E-state index contributed by atoms with van der Waals surface area (Å²) in [6.07, 6.45) is 3.98. The summed E-state index contributed by atoms with van der Waals surface area (Å²) in [4.78, 5) is 25.6. The monoisotopic (exact) mass is 399 g/mol. The van der Waals surface area contributed by atoms with Crippen LogP contribution in [0.2, 0.25) is 0 Å². The number of fused-ring (bicyclic) bond motifs is 1. The highest BCUT2D eigenvalue weighted by Gasteiger charge is 2.30. The second-order valence-electron chi connectivity index (χ2n) is 6.33. The Balaban J connectivity index is 1.69. The van der Waals surface area contributed by atoms with Gasteiger partial charge in [0.25, 0.3) is 0 Å². The van der Waals surface area contributed by atoms with Crippen molar-refractivity contribution in [2.24, 2.45) is 5.92 Å². The standard InChI is InChI=1S/C19H18BrN3O2/c1-2-19(25)23-9-13(10-23)7-16(24)12-22-11-14(5-6-21)17-8-15(20)3-4-18(17)22/h2-4,8,11,13H,1,5,7,9-10,12H2. The van der Waals surface area contributed by atoms with Gasteiger partial charge in [0.05, 0.1) is 19.0 Å². The van der Waals surface area contributed by atoms with Crippen LogP contribution in [0.4, 0.5) is 0 Å². The molecule has 2 aromatic rings. The molecule has 0 aliphatic carbocycles. The molecular weight excluding hydrogens is 382 g/mol. The SMILES string of the molecule is C=CC(=O)N1CC(CC(=O)Cn2cc(CC#N)c3cc(Br)ccc32)C1. The number of ketones is 1. The van der Waals surface area contributed by atoms with Crippen molar-refractivity contribution < 1.29 is 9.59 Å². The van der Waals surface area contributed by atoms with Gasteiger partial charge in [0.15, 0.2) is 5.78 Å². The first kappa shape index (κ1) is 17.4.